The molecule has 0 spiro atoms. The fourth-order valence-electron chi connectivity index (χ4n) is 2.68. The van der Waals surface area contributed by atoms with Gasteiger partial charge in [-0.05, 0) is 62.3 Å². The predicted molar refractivity (Wildman–Crippen MR) is 86.0 cm³/mol. The van der Waals surface area contributed by atoms with Crippen molar-refractivity contribution in [2.45, 2.75) is 59.9 Å². The van der Waals surface area contributed by atoms with Gasteiger partial charge in [-0.3, -0.25) is 0 Å². The first kappa shape index (κ1) is 16.5. The lowest BCUT2D eigenvalue weighted by Gasteiger charge is -2.29. The summed E-state index contributed by atoms with van der Waals surface area (Å²) in [6, 6.07) is 6.94. The topological polar surface area (TPSA) is 12.0 Å². The van der Waals surface area contributed by atoms with Gasteiger partial charge in [-0.2, -0.15) is 0 Å². The lowest BCUT2D eigenvalue weighted by Crippen LogP contribution is -2.32. The molecule has 1 aromatic carbocycles. The largest absolute Gasteiger partial charge is 0.314 e. The lowest BCUT2D eigenvalue weighted by molar-refractivity contribution is 0.287. The summed E-state index contributed by atoms with van der Waals surface area (Å²) in [4.78, 5) is 0. The second-order valence-electron chi connectivity index (χ2n) is 6.50. The maximum Gasteiger partial charge on any atom is 0.0440 e. The minimum atomic E-state index is 0.263. The fourth-order valence-corrected chi connectivity index (χ4v) is 2.98. The minimum Gasteiger partial charge on any atom is -0.314 e. The van der Waals surface area contributed by atoms with Crippen molar-refractivity contribution >= 4 is 11.6 Å². The van der Waals surface area contributed by atoms with Crippen LogP contribution in [0.15, 0.2) is 18.2 Å². The summed E-state index contributed by atoms with van der Waals surface area (Å²) in [5.41, 5.74) is 2.75. The first-order valence-corrected chi connectivity index (χ1v) is 7.70. The summed E-state index contributed by atoms with van der Waals surface area (Å²) < 4.78 is 0. The van der Waals surface area contributed by atoms with Gasteiger partial charge in [0, 0.05) is 11.1 Å². The molecule has 0 bridgehead atoms. The molecule has 1 aromatic rings. The Morgan fingerprint density at radius 1 is 1.32 bits per heavy atom. The van der Waals surface area contributed by atoms with Gasteiger partial charge in [0.1, 0.15) is 0 Å². The predicted octanol–water partition coefficient (Wildman–Crippen LogP) is 5.00. The van der Waals surface area contributed by atoms with E-state index >= 15 is 0 Å². The molecule has 0 fully saturated rings. The van der Waals surface area contributed by atoms with Gasteiger partial charge < -0.3 is 5.32 Å². The second-order valence-corrected chi connectivity index (χ2v) is 6.90. The first-order chi connectivity index (χ1) is 8.84. The van der Waals surface area contributed by atoms with Gasteiger partial charge in [0.15, 0.2) is 0 Å². The number of hydrogen-bond donors (Lipinski definition) is 1. The molecule has 1 nitrogen and oxygen atoms in total. The van der Waals surface area contributed by atoms with E-state index in [4.69, 9.17) is 11.6 Å². The van der Waals surface area contributed by atoms with Crippen molar-refractivity contribution in [3.63, 3.8) is 0 Å². The van der Waals surface area contributed by atoms with Gasteiger partial charge >= 0.3 is 0 Å². The van der Waals surface area contributed by atoms with Crippen LogP contribution in [0.5, 0.6) is 0 Å². The zero-order valence-corrected chi connectivity index (χ0v) is 13.8. The van der Waals surface area contributed by atoms with Crippen LogP contribution in [0.3, 0.4) is 0 Å². The van der Waals surface area contributed by atoms with Crippen molar-refractivity contribution in [3.8, 4) is 0 Å². The molecule has 0 heterocycles. The van der Waals surface area contributed by atoms with Gasteiger partial charge in [0.05, 0.1) is 0 Å². The van der Waals surface area contributed by atoms with Crippen LogP contribution in [-0.2, 0) is 6.42 Å². The van der Waals surface area contributed by atoms with Gasteiger partial charge in [-0.15, -0.1) is 0 Å². The van der Waals surface area contributed by atoms with Crippen LogP contribution in [0.25, 0.3) is 0 Å². The number of hydrogen-bond acceptors (Lipinski definition) is 1. The van der Waals surface area contributed by atoms with E-state index in [-0.39, 0.29) is 5.41 Å². The monoisotopic (exact) mass is 281 g/mol. The van der Waals surface area contributed by atoms with E-state index in [1.165, 1.54) is 17.5 Å². The van der Waals surface area contributed by atoms with E-state index in [1.807, 2.05) is 0 Å². The van der Waals surface area contributed by atoms with Crippen molar-refractivity contribution in [3.05, 3.63) is 34.3 Å². The molecule has 0 aromatic heterocycles. The maximum absolute atomic E-state index is 6.34. The Morgan fingerprint density at radius 3 is 2.58 bits per heavy atom. The van der Waals surface area contributed by atoms with E-state index in [0.29, 0.717) is 6.04 Å². The third kappa shape index (κ3) is 5.97. The molecule has 0 radical (unpaired) electrons. The van der Waals surface area contributed by atoms with E-state index < -0.39 is 0 Å². The van der Waals surface area contributed by atoms with Crippen LogP contribution in [-0.4, -0.2) is 12.6 Å². The third-order valence-electron chi connectivity index (χ3n) is 3.48. The Kier molecular flexibility index (Phi) is 6.35. The Labute approximate surface area is 123 Å². The zero-order valence-electron chi connectivity index (χ0n) is 13.0. The highest BCUT2D eigenvalue weighted by Gasteiger charge is 2.22. The molecule has 2 heteroatoms. The smallest absolute Gasteiger partial charge is 0.0440 e. The minimum absolute atomic E-state index is 0.263. The first-order valence-electron chi connectivity index (χ1n) is 7.32. The van der Waals surface area contributed by atoms with E-state index in [2.05, 4.69) is 58.1 Å². The Bertz CT molecular complexity index is 398. The Hall–Kier alpha value is -0.530. The van der Waals surface area contributed by atoms with Crippen molar-refractivity contribution in [2.75, 3.05) is 6.54 Å². The van der Waals surface area contributed by atoms with Crippen molar-refractivity contribution in [2.24, 2.45) is 5.41 Å². The Balaban J connectivity index is 2.62. The molecule has 1 N–H and O–H groups in total. The number of rotatable bonds is 7. The molecule has 0 saturated carbocycles. The van der Waals surface area contributed by atoms with Crippen molar-refractivity contribution in [1.82, 2.24) is 5.32 Å². The molecule has 0 aliphatic carbocycles. The van der Waals surface area contributed by atoms with Crippen LogP contribution in [0.1, 0.15) is 51.7 Å². The SMILES string of the molecule is CCCNC(C)CC(C)(C)Cc1ccc(C)cc1Cl. The van der Waals surface area contributed by atoms with Gasteiger partial charge in [0.25, 0.3) is 0 Å². The average molecular weight is 282 g/mol. The molecule has 0 amide bonds. The van der Waals surface area contributed by atoms with Crippen LogP contribution < -0.4 is 5.32 Å². The molecule has 1 rings (SSSR count). The molecule has 0 saturated heterocycles. The van der Waals surface area contributed by atoms with E-state index in [0.717, 1.165) is 24.4 Å². The molecule has 0 aliphatic rings. The van der Waals surface area contributed by atoms with Crippen LogP contribution >= 0.6 is 11.6 Å². The summed E-state index contributed by atoms with van der Waals surface area (Å²) in [6.07, 6.45) is 3.38. The highest BCUT2D eigenvalue weighted by Crippen LogP contribution is 2.31. The molecule has 19 heavy (non-hydrogen) atoms. The Morgan fingerprint density at radius 2 is 2.00 bits per heavy atom. The lowest BCUT2D eigenvalue weighted by atomic mass is 9.80. The standard InChI is InChI=1S/C17H28ClN/c1-6-9-19-14(3)11-17(4,5)12-15-8-7-13(2)10-16(15)18/h7-8,10,14,19H,6,9,11-12H2,1-5H3. The normalized spacial score (nSPS) is 13.6. The molecule has 108 valence electrons. The third-order valence-corrected chi connectivity index (χ3v) is 3.83. The number of halogens is 1. The summed E-state index contributed by atoms with van der Waals surface area (Å²) in [6.45, 7) is 12.3. The van der Waals surface area contributed by atoms with E-state index in [9.17, 15) is 0 Å². The molecule has 1 atom stereocenters. The summed E-state index contributed by atoms with van der Waals surface area (Å²) in [5.74, 6) is 0. The van der Waals surface area contributed by atoms with Crippen molar-refractivity contribution < 1.29 is 0 Å². The zero-order chi connectivity index (χ0) is 14.5. The van der Waals surface area contributed by atoms with Crippen LogP contribution in [0.4, 0.5) is 0 Å². The number of nitrogens with one attached hydrogen (secondary N) is 1. The molecule has 0 aliphatic heterocycles. The summed E-state index contributed by atoms with van der Waals surface area (Å²) in [7, 11) is 0. The number of aryl methyl sites for hydroxylation is 1. The summed E-state index contributed by atoms with van der Waals surface area (Å²) >= 11 is 6.34. The highest BCUT2D eigenvalue weighted by atomic mass is 35.5. The highest BCUT2D eigenvalue weighted by molar-refractivity contribution is 6.31. The van der Waals surface area contributed by atoms with Crippen LogP contribution in [0.2, 0.25) is 5.02 Å². The van der Waals surface area contributed by atoms with Gasteiger partial charge in [0.2, 0.25) is 0 Å². The second kappa shape index (κ2) is 7.31. The van der Waals surface area contributed by atoms with Crippen molar-refractivity contribution in [1.29, 1.82) is 0 Å². The fraction of sp³-hybridized carbons (Fsp3) is 0.647. The summed E-state index contributed by atoms with van der Waals surface area (Å²) in [5, 5.41) is 4.47. The van der Waals surface area contributed by atoms with Gasteiger partial charge in [-0.25, -0.2) is 0 Å². The average Bonchev–Trinajstić information content (AvgIpc) is 2.29. The van der Waals surface area contributed by atoms with Crippen LogP contribution in [0, 0.1) is 12.3 Å². The maximum atomic E-state index is 6.34. The van der Waals surface area contributed by atoms with E-state index in [1.54, 1.807) is 0 Å². The van der Waals surface area contributed by atoms with Gasteiger partial charge in [-0.1, -0.05) is 44.5 Å². The molecular weight excluding hydrogens is 254 g/mol. The quantitative estimate of drug-likeness (QED) is 0.742. The molecular formula is C17H28ClN. The number of benzene rings is 1. The molecule has 1 unspecified atom stereocenters.